The summed E-state index contributed by atoms with van der Waals surface area (Å²) in [6, 6.07) is 11.7. The molecule has 0 radical (unpaired) electrons. The summed E-state index contributed by atoms with van der Waals surface area (Å²) in [6.45, 7) is 1.83. The van der Waals surface area contributed by atoms with Crippen LogP contribution in [0.2, 0.25) is 5.02 Å². The van der Waals surface area contributed by atoms with Gasteiger partial charge in [-0.3, -0.25) is 10.1 Å². The third kappa shape index (κ3) is 4.24. The van der Waals surface area contributed by atoms with E-state index in [1.54, 1.807) is 49.6 Å². The van der Waals surface area contributed by atoms with E-state index in [1.807, 2.05) is 6.92 Å². The normalized spacial score (nSPS) is 10.3. The SMILES string of the molecule is COc1ccc(Oc2ncnc(Nc3ccc(Cl)cc3C)c2[N+](=O)[O-])cc1. The minimum Gasteiger partial charge on any atom is -0.497 e. The van der Waals surface area contributed by atoms with Gasteiger partial charge in [0.25, 0.3) is 0 Å². The Balaban J connectivity index is 1.95. The number of aryl methyl sites for hydroxylation is 1. The Hall–Kier alpha value is -3.39. The Morgan fingerprint density at radius 3 is 2.44 bits per heavy atom. The van der Waals surface area contributed by atoms with Crippen molar-refractivity contribution in [2.24, 2.45) is 0 Å². The number of nitrogens with one attached hydrogen (secondary N) is 1. The average molecular weight is 387 g/mol. The molecule has 0 saturated heterocycles. The predicted octanol–water partition coefficient (Wildman–Crippen LogP) is 4.89. The lowest BCUT2D eigenvalue weighted by Crippen LogP contribution is -2.04. The van der Waals surface area contributed by atoms with Crippen LogP contribution in [0, 0.1) is 17.0 Å². The molecule has 0 unspecified atom stereocenters. The minimum absolute atomic E-state index is 0.0175. The van der Waals surface area contributed by atoms with Crippen molar-refractivity contribution in [3.05, 3.63) is 69.5 Å². The summed E-state index contributed by atoms with van der Waals surface area (Å²) in [4.78, 5) is 18.9. The van der Waals surface area contributed by atoms with Gasteiger partial charge in [0.05, 0.1) is 12.0 Å². The molecule has 0 fully saturated rings. The van der Waals surface area contributed by atoms with E-state index >= 15 is 0 Å². The van der Waals surface area contributed by atoms with E-state index in [2.05, 4.69) is 15.3 Å². The maximum absolute atomic E-state index is 11.6. The quantitative estimate of drug-likeness (QED) is 0.475. The molecule has 9 heteroatoms. The smallest absolute Gasteiger partial charge is 0.373 e. The third-order valence-corrected chi connectivity index (χ3v) is 3.92. The number of hydrogen-bond acceptors (Lipinski definition) is 7. The first-order valence-corrected chi connectivity index (χ1v) is 8.20. The fourth-order valence-electron chi connectivity index (χ4n) is 2.34. The van der Waals surface area contributed by atoms with E-state index in [4.69, 9.17) is 21.1 Å². The van der Waals surface area contributed by atoms with E-state index in [1.165, 1.54) is 6.33 Å². The van der Waals surface area contributed by atoms with Gasteiger partial charge in [-0.2, -0.15) is 4.98 Å². The van der Waals surface area contributed by atoms with Crippen molar-refractivity contribution < 1.29 is 14.4 Å². The molecule has 0 atom stereocenters. The zero-order valence-corrected chi connectivity index (χ0v) is 15.2. The molecular formula is C18H15ClN4O4. The lowest BCUT2D eigenvalue weighted by Gasteiger charge is -2.11. The van der Waals surface area contributed by atoms with E-state index in [-0.39, 0.29) is 17.4 Å². The van der Waals surface area contributed by atoms with Crippen molar-refractivity contribution in [1.29, 1.82) is 0 Å². The van der Waals surface area contributed by atoms with Gasteiger partial charge in [-0.1, -0.05) is 11.6 Å². The molecule has 0 bridgehead atoms. The lowest BCUT2D eigenvalue weighted by atomic mass is 10.2. The molecule has 0 aliphatic rings. The van der Waals surface area contributed by atoms with Crippen LogP contribution in [0.25, 0.3) is 0 Å². The number of halogens is 1. The lowest BCUT2D eigenvalue weighted by molar-refractivity contribution is -0.385. The molecule has 0 spiro atoms. The molecule has 8 nitrogen and oxygen atoms in total. The fourth-order valence-corrected chi connectivity index (χ4v) is 2.57. The molecule has 0 saturated carbocycles. The molecule has 0 amide bonds. The fraction of sp³-hybridized carbons (Fsp3) is 0.111. The highest BCUT2D eigenvalue weighted by atomic mass is 35.5. The van der Waals surface area contributed by atoms with Crippen molar-refractivity contribution in [3.63, 3.8) is 0 Å². The van der Waals surface area contributed by atoms with Crippen molar-refractivity contribution >= 4 is 28.8 Å². The van der Waals surface area contributed by atoms with E-state index in [9.17, 15) is 10.1 Å². The number of ether oxygens (including phenoxy) is 2. The molecule has 27 heavy (non-hydrogen) atoms. The first kappa shape index (κ1) is 18.4. The van der Waals surface area contributed by atoms with Crippen LogP contribution >= 0.6 is 11.6 Å². The summed E-state index contributed by atoms with van der Waals surface area (Å²) >= 11 is 5.95. The molecular weight excluding hydrogens is 372 g/mol. The van der Waals surface area contributed by atoms with Crippen LogP contribution in [0.4, 0.5) is 17.2 Å². The second kappa shape index (κ2) is 7.88. The van der Waals surface area contributed by atoms with Crippen molar-refractivity contribution in [2.45, 2.75) is 6.92 Å². The summed E-state index contributed by atoms with van der Waals surface area (Å²) in [5, 5.41) is 15.1. The van der Waals surface area contributed by atoms with Gasteiger partial charge in [-0.05, 0) is 55.0 Å². The van der Waals surface area contributed by atoms with Crippen LogP contribution in [0.5, 0.6) is 17.4 Å². The monoisotopic (exact) mass is 386 g/mol. The summed E-state index contributed by atoms with van der Waals surface area (Å²) in [6.07, 6.45) is 1.19. The molecule has 1 heterocycles. The van der Waals surface area contributed by atoms with Gasteiger partial charge in [0.15, 0.2) is 0 Å². The highest BCUT2D eigenvalue weighted by Crippen LogP contribution is 2.36. The summed E-state index contributed by atoms with van der Waals surface area (Å²) in [7, 11) is 1.54. The van der Waals surface area contributed by atoms with E-state index in [0.717, 1.165) is 5.56 Å². The van der Waals surface area contributed by atoms with Gasteiger partial charge in [-0.25, -0.2) is 4.98 Å². The second-order valence-corrected chi connectivity index (χ2v) is 5.93. The highest BCUT2D eigenvalue weighted by molar-refractivity contribution is 6.30. The van der Waals surface area contributed by atoms with Crippen LogP contribution in [0.3, 0.4) is 0 Å². The summed E-state index contributed by atoms with van der Waals surface area (Å²) in [5.41, 5.74) is 1.08. The second-order valence-electron chi connectivity index (χ2n) is 5.49. The largest absolute Gasteiger partial charge is 0.497 e. The van der Waals surface area contributed by atoms with Crippen LogP contribution in [0.15, 0.2) is 48.8 Å². The summed E-state index contributed by atoms with van der Waals surface area (Å²) < 4.78 is 10.7. The Morgan fingerprint density at radius 2 is 1.81 bits per heavy atom. The number of nitro groups is 1. The van der Waals surface area contributed by atoms with Crippen LogP contribution in [-0.4, -0.2) is 22.0 Å². The van der Waals surface area contributed by atoms with E-state index < -0.39 is 4.92 Å². The Kier molecular flexibility index (Phi) is 5.37. The zero-order chi connectivity index (χ0) is 19.4. The number of hydrogen-bond donors (Lipinski definition) is 1. The maximum Gasteiger partial charge on any atom is 0.373 e. The van der Waals surface area contributed by atoms with Gasteiger partial charge in [-0.15, -0.1) is 0 Å². The molecule has 138 valence electrons. The predicted molar refractivity (Wildman–Crippen MR) is 101 cm³/mol. The van der Waals surface area contributed by atoms with Gasteiger partial charge in [0.1, 0.15) is 17.8 Å². The molecule has 0 aliphatic heterocycles. The maximum atomic E-state index is 11.6. The topological polar surface area (TPSA) is 99.4 Å². The first-order chi connectivity index (χ1) is 13.0. The van der Waals surface area contributed by atoms with Gasteiger partial charge >= 0.3 is 11.6 Å². The Morgan fingerprint density at radius 1 is 1.11 bits per heavy atom. The van der Waals surface area contributed by atoms with Gasteiger partial charge in [0, 0.05) is 10.7 Å². The first-order valence-electron chi connectivity index (χ1n) is 7.82. The van der Waals surface area contributed by atoms with Crippen molar-refractivity contribution in [2.75, 3.05) is 12.4 Å². The molecule has 1 N–H and O–H groups in total. The van der Waals surface area contributed by atoms with Crippen LogP contribution in [-0.2, 0) is 0 Å². The van der Waals surface area contributed by atoms with Crippen LogP contribution in [0.1, 0.15) is 5.56 Å². The molecule has 2 aromatic carbocycles. The Labute approximate surface area is 159 Å². The molecule has 3 rings (SSSR count). The van der Waals surface area contributed by atoms with Crippen molar-refractivity contribution in [3.8, 4) is 17.4 Å². The number of methoxy groups -OCH3 is 1. The van der Waals surface area contributed by atoms with Gasteiger partial charge in [0.2, 0.25) is 5.82 Å². The number of aromatic nitrogens is 2. The van der Waals surface area contributed by atoms with Gasteiger partial charge < -0.3 is 14.8 Å². The highest BCUT2D eigenvalue weighted by Gasteiger charge is 2.25. The third-order valence-electron chi connectivity index (χ3n) is 3.69. The van der Waals surface area contributed by atoms with Crippen LogP contribution < -0.4 is 14.8 Å². The number of rotatable bonds is 6. The number of benzene rings is 2. The molecule has 1 aromatic heterocycles. The number of nitrogens with zero attached hydrogens (tertiary/aromatic N) is 3. The molecule has 3 aromatic rings. The zero-order valence-electron chi connectivity index (χ0n) is 14.5. The number of anilines is 2. The Bertz CT molecular complexity index is 980. The summed E-state index contributed by atoms with van der Waals surface area (Å²) in [5.74, 6) is 0.865. The standard InChI is InChI=1S/C18H15ClN4O4/c1-11-9-12(19)3-8-15(11)22-17-16(23(24)25)18(21-10-20-17)27-14-6-4-13(26-2)5-7-14/h3-10H,1-2H3,(H,20,21,22). The average Bonchev–Trinajstić information content (AvgIpc) is 2.64. The van der Waals surface area contributed by atoms with E-state index in [0.29, 0.717) is 22.2 Å². The minimum atomic E-state index is -0.591. The molecule has 0 aliphatic carbocycles. The van der Waals surface area contributed by atoms with Crippen molar-refractivity contribution in [1.82, 2.24) is 9.97 Å².